The summed E-state index contributed by atoms with van der Waals surface area (Å²) < 4.78 is 38.4. The third-order valence-electron chi connectivity index (χ3n) is 3.81. The van der Waals surface area contributed by atoms with Crippen molar-refractivity contribution in [1.82, 2.24) is 5.16 Å². The standard InChI is InChI=1S/C19H19N3O5S2/c1-12-19(20-13(2)23)17(27-21-12)10-8-14-9-11-18(28-14)29(24,25)22-15-6-4-5-7-16(15)26-3/h4-11,22H,1-3H3,(H,20,23)/b10-8+. The smallest absolute Gasteiger partial charge is 0.271 e. The number of methoxy groups -OCH3 is 1. The second-order valence-corrected chi connectivity index (χ2v) is 9.01. The molecule has 8 nitrogen and oxygen atoms in total. The van der Waals surface area contributed by atoms with Gasteiger partial charge in [0.25, 0.3) is 10.0 Å². The highest BCUT2D eigenvalue weighted by Gasteiger charge is 2.18. The third-order valence-corrected chi connectivity index (χ3v) is 6.72. The van der Waals surface area contributed by atoms with E-state index >= 15 is 0 Å². The summed E-state index contributed by atoms with van der Waals surface area (Å²) >= 11 is 1.09. The number of amides is 1. The Kier molecular flexibility index (Phi) is 6.04. The highest BCUT2D eigenvalue weighted by atomic mass is 32.2. The lowest BCUT2D eigenvalue weighted by Gasteiger charge is -2.10. The Morgan fingerprint density at radius 1 is 1.21 bits per heavy atom. The first-order valence-corrected chi connectivity index (χ1v) is 10.8. The first-order valence-electron chi connectivity index (χ1n) is 8.48. The second-order valence-electron chi connectivity index (χ2n) is 5.98. The monoisotopic (exact) mass is 433 g/mol. The quantitative estimate of drug-likeness (QED) is 0.583. The zero-order valence-corrected chi connectivity index (χ0v) is 17.6. The van der Waals surface area contributed by atoms with Gasteiger partial charge in [-0.3, -0.25) is 9.52 Å². The van der Waals surface area contributed by atoms with Crippen molar-refractivity contribution < 1.29 is 22.5 Å². The van der Waals surface area contributed by atoms with Crippen molar-refractivity contribution in [2.75, 3.05) is 17.1 Å². The van der Waals surface area contributed by atoms with Crippen molar-refractivity contribution in [1.29, 1.82) is 0 Å². The summed E-state index contributed by atoms with van der Waals surface area (Å²) in [6.45, 7) is 3.11. The van der Waals surface area contributed by atoms with Crippen LogP contribution in [0.15, 0.2) is 45.1 Å². The average Bonchev–Trinajstić information content (AvgIpc) is 3.28. The molecule has 0 saturated heterocycles. The maximum absolute atomic E-state index is 12.7. The number of nitrogens with zero attached hydrogens (tertiary/aromatic N) is 1. The number of nitrogens with one attached hydrogen (secondary N) is 2. The first kappa shape index (κ1) is 20.6. The highest BCUT2D eigenvalue weighted by molar-refractivity contribution is 7.94. The van der Waals surface area contributed by atoms with E-state index in [4.69, 9.17) is 9.26 Å². The molecule has 10 heteroatoms. The minimum Gasteiger partial charge on any atom is -0.495 e. The minimum atomic E-state index is -3.77. The Labute approximate surface area is 172 Å². The van der Waals surface area contributed by atoms with E-state index in [0.717, 1.165) is 11.3 Å². The first-order chi connectivity index (χ1) is 13.8. The predicted molar refractivity (Wildman–Crippen MR) is 113 cm³/mol. The van der Waals surface area contributed by atoms with Crippen molar-refractivity contribution in [3.05, 3.63) is 52.7 Å². The molecule has 152 valence electrons. The molecule has 0 unspecified atom stereocenters. The van der Waals surface area contributed by atoms with Gasteiger partial charge in [-0.2, -0.15) is 0 Å². The Morgan fingerprint density at radius 2 is 1.97 bits per heavy atom. The van der Waals surface area contributed by atoms with Crippen molar-refractivity contribution in [2.24, 2.45) is 0 Å². The van der Waals surface area contributed by atoms with E-state index < -0.39 is 10.0 Å². The van der Waals surface area contributed by atoms with Gasteiger partial charge in [-0.05, 0) is 43.3 Å². The lowest BCUT2D eigenvalue weighted by atomic mass is 10.2. The van der Waals surface area contributed by atoms with E-state index in [0.29, 0.717) is 33.5 Å². The number of hydrogen-bond acceptors (Lipinski definition) is 7. The van der Waals surface area contributed by atoms with Gasteiger partial charge in [0.15, 0.2) is 5.76 Å². The van der Waals surface area contributed by atoms with Crippen molar-refractivity contribution in [2.45, 2.75) is 18.1 Å². The maximum Gasteiger partial charge on any atom is 0.271 e. The maximum atomic E-state index is 12.7. The molecule has 0 spiro atoms. The lowest BCUT2D eigenvalue weighted by molar-refractivity contribution is -0.114. The molecule has 1 amide bonds. The molecule has 0 bridgehead atoms. The van der Waals surface area contributed by atoms with Gasteiger partial charge < -0.3 is 14.6 Å². The number of aromatic nitrogens is 1. The van der Waals surface area contributed by atoms with Gasteiger partial charge in [0, 0.05) is 11.8 Å². The Bertz CT molecular complexity index is 1160. The number of ether oxygens (including phenoxy) is 1. The van der Waals surface area contributed by atoms with E-state index in [1.165, 1.54) is 20.1 Å². The van der Waals surface area contributed by atoms with Crippen molar-refractivity contribution >= 4 is 50.8 Å². The van der Waals surface area contributed by atoms with Crippen LogP contribution < -0.4 is 14.8 Å². The van der Waals surface area contributed by atoms with Crippen LogP contribution in [0, 0.1) is 6.92 Å². The number of rotatable bonds is 7. The molecule has 0 radical (unpaired) electrons. The molecule has 0 aliphatic rings. The van der Waals surface area contributed by atoms with Crippen LogP contribution in [0.25, 0.3) is 12.2 Å². The molecule has 0 atom stereocenters. The largest absolute Gasteiger partial charge is 0.495 e. The topological polar surface area (TPSA) is 111 Å². The van der Waals surface area contributed by atoms with Crippen LogP contribution in [0.2, 0.25) is 0 Å². The molecule has 3 rings (SSSR count). The molecule has 0 fully saturated rings. The van der Waals surface area contributed by atoms with Crippen LogP contribution in [0.4, 0.5) is 11.4 Å². The summed E-state index contributed by atoms with van der Waals surface area (Å²) in [5, 5.41) is 6.50. The molecule has 0 aliphatic heterocycles. The van der Waals surface area contributed by atoms with Crippen LogP contribution in [-0.2, 0) is 14.8 Å². The van der Waals surface area contributed by atoms with Crippen molar-refractivity contribution in [3.63, 3.8) is 0 Å². The number of sulfonamides is 1. The minimum absolute atomic E-state index is 0.152. The predicted octanol–water partition coefficient (Wildman–Crippen LogP) is 3.98. The normalized spacial score (nSPS) is 11.6. The summed E-state index contributed by atoms with van der Waals surface area (Å²) in [7, 11) is -2.29. The average molecular weight is 434 g/mol. The van der Waals surface area contributed by atoms with Gasteiger partial charge in [0.05, 0.1) is 12.8 Å². The van der Waals surface area contributed by atoms with Crippen LogP contribution in [0.5, 0.6) is 5.75 Å². The fourth-order valence-electron chi connectivity index (χ4n) is 2.48. The Balaban J connectivity index is 1.80. The molecule has 29 heavy (non-hydrogen) atoms. The lowest BCUT2D eigenvalue weighted by Crippen LogP contribution is -2.12. The molecule has 2 N–H and O–H groups in total. The highest BCUT2D eigenvalue weighted by Crippen LogP contribution is 2.30. The Hall–Kier alpha value is -3.11. The molecular weight excluding hydrogens is 414 g/mol. The zero-order chi connectivity index (χ0) is 21.0. The summed E-state index contributed by atoms with van der Waals surface area (Å²) in [5.74, 6) is 0.569. The molecule has 3 aromatic rings. The van der Waals surface area contributed by atoms with Crippen LogP contribution in [-0.4, -0.2) is 26.6 Å². The van der Waals surface area contributed by atoms with E-state index in [1.807, 2.05) is 0 Å². The summed E-state index contributed by atoms with van der Waals surface area (Å²) in [4.78, 5) is 12.0. The molecule has 2 aromatic heterocycles. The summed E-state index contributed by atoms with van der Waals surface area (Å²) in [6, 6.07) is 9.97. The van der Waals surface area contributed by atoms with Gasteiger partial charge in [0.1, 0.15) is 21.3 Å². The van der Waals surface area contributed by atoms with E-state index in [9.17, 15) is 13.2 Å². The van der Waals surface area contributed by atoms with E-state index in [1.54, 1.807) is 49.4 Å². The van der Waals surface area contributed by atoms with Crippen molar-refractivity contribution in [3.8, 4) is 5.75 Å². The van der Waals surface area contributed by atoms with Gasteiger partial charge in [-0.25, -0.2) is 8.42 Å². The number of para-hydroxylation sites is 2. The molecule has 0 saturated carbocycles. The van der Waals surface area contributed by atoms with Crippen LogP contribution in [0.1, 0.15) is 23.3 Å². The van der Waals surface area contributed by atoms with Gasteiger partial charge >= 0.3 is 0 Å². The summed E-state index contributed by atoms with van der Waals surface area (Å²) in [6.07, 6.45) is 3.32. The number of thiophene rings is 1. The van der Waals surface area contributed by atoms with Crippen LogP contribution >= 0.6 is 11.3 Å². The van der Waals surface area contributed by atoms with Gasteiger partial charge in [0.2, 0.25) is 5.91 Å². The SMILES string of the molecule is COc1ccccc1NS(=O)(=O)c1ccc(/C=C/c2onc(C)c2NC(C)=O)s1. The number of carbonyl (C=O) groups excluding carboxylic acids is 1. The molecule has 2 heterocycles. The zero-order valence-electron chi connectivity index (χ0n) is 15.9. The van der Waals surface area contributed by atoms with Gasteiger partial charge in [-0.15, -0.1) is 11.3 Å². The number of benzene rings is 1. The Morgan fingerprint density at radius 3 is 2.69 bits per heavy atom. The van der Waals surface area contributed by atoms with Crippen LogP contribution in [0.3, 0.4) is 0 Å². The van der Waals surface area contributed by atoms with E-state index in [-0.39, 0.29) is 10.1 Å². The number of hydrogen-bond donors (Lipinski definition) is 2. The molecular formula is C19H19N3O5S2. The second kappa shape index (κ2) is 8.50. The number of anilines is 2. The fourth-order valence-corrected chi connectivity index (χ4v) is 4.78. The van der Waals surface area contributed by atoms with E-state index in [2.05, 4.69) is 15.2 Å². The third kappa shape index (κ3) is 4.84. The number of carbonyl (C=O) groups is 1. The van der Waals surface area contributed by atoms with Gasteiger partial charge in [-0.1, -0.05) is 17.3 Å². The summed E-state index contributed by atoms with van der Waals surface area (Å²) in [5.41, 5.74) is 1.39. The molecule has 0 aliphatic carbocycles. The number of aryl methyl sites for hydroxylation is 1. The fraction of sp³-hybridized carbons (Fsp3) is 0.158. The molecule has 1 aromatic carbocycles.